The number of ether oxygens (including phenoxy) is 1. The van der Waals surface area contributed by atoms with Crippen LogP contribution in [-0.2, 0) is 0 Å². The molecule has 2 rings (SSSR count). The molecule has 1 fully saturated rings. The van der Waals surface area contributed by atoms with E-state index in [0.717, 1.165) is 12.3 Å². The quantitative estimate of drug-likeness (QED) is 0.746. The summed E-state index contributed by atoms with van der Waals surface area (Å²) in [4.78, 5) is 2.44. The third-order valence-corrected chi connectivity index (χ3v) is 3.56. The standard InChI is InChI=1S/C14H20ClNO/c1-2-17-13-7-5-12(6-8-13)14(15)11-16-9-3-4-10-16/h5-8,14H,2-4,9-11H2,1H3. The smallest absolute Gasteiger partial charge is 0.119 e. The maximum atomic E-state index is 6.43. The van der Waals surface area contributed by atoms with Gasteiger partial charge in [-0.05, 0) is 50.6 Å². The van der Waals surface area contributed by atoms with Crippen LogP contribution in [0, 0.1) is 0 Å². The van der Waals surface area contributed by atoms with Gasteiger partial charge in [-0.3, -0.25) is 0 Å². The Bertz CT molecular complexity index is 333. The van der Waals surface area contributed by atoms with Crippen molar-refractivity contribution in [1.29, 1.82) is 0 Å². The van der Waals surface area contributed by atoms with Crippen LogP contribution >= 0.6 is 11.6 Å². The molecule has 0 radical (unpaired) electrons. The molecule has 0 saturated carbocycles. The summed E-state index contributed by atoms with van der Waals surface area (Å²) in [7, 11) is 0. The Balaban J connectivity index is 1.91. The molecular formula is C14H20ClNO. The second-order valence-electron chi connectivity index (χ2n) is 4.48. The van der Waals surface area contributed by atoms with Gasteiger partial charge in [0.15, 0.2) is 0 Å². The van der Waals surface area contributed by atoms with E-state index in [4.69, 9.17) is 16.3 Å². The number of likely N-dealkylation sites (tertiary alicyclic amines) is 1. The minimum Gasteiger partial charge on any atom is -0.494 e. The van der Waals surface area contributed by atoms with Gasteiger partial charge in [-0.1, -0.05) is 12.1 Å². The van der Waals surface area contributed by atoms with Gasteiger partial charge in [0.2, 0.25) is 0 Å². The molecule has 3 heteroatoms. The Morgan fingerprint density at radius 1 is 1.24 bits per heavy atom. The SMILES string of the molecule is CCOc1ccc(C(Cl)CN2CCCC2)cc1. The first-order chi connectivity index (χ1) is 8.29. The summed E-state index contributed by atoms with van der Waals surface area (Å²) in [5.41, 5.74) is 1.18. The fraction of sp³-hybridized carbons (Fsp3) is 0.571. The molecule has 2 nitrogen and oxygen atoms in total. The summed E-state index contributed by atoms with van der Waals surface area (Å²) in [5.74, 6) is 0.918. The van der Waals surface area contributed by atoms with Gasteiger partial charge in [-0.25, -0.2) is 0 Å². The zero-order valence-corrected chi connectivity index (χ0v) is 11.1. The monoisotopic (exact) mass is 253 g/mol. The maximum Gasteiger partial charge on any atom is 0.119 e. The van der Waals surface area contributed by atoms with E-state index in [-0.39, 0.29) is 5.38 Å². The largest absolute Gasteiger partial charge is 0.494 e. The van der Waals surface area contributed by atoms with E-state index in [1.165, 1.54) is 31.5 Å². The summed E-state index contributed by atoms with van der Waals surface area (Å²) in [6.45, 7) is 6.04. The van der Waals surface area contributed by atoms with Crippen LogP contribution in [0.5, 0.6) is 5.75 Å². The molecule has 1 aliphatic rings. The van der Waals surface area contributed by atoms with Gasteiger partial charge >= 0.3 is 0 Å². The van der Waals surface area contributed by atoms with Crippen LogP contribution in [0.3, 0.4) is 0 Å². The highest BCUT2D eigenvalue weighted by Gasteiger charge is 2.16. The highest BCUT2D eigenvalue weighted by atomic mass is 35.5. The Hall–Kier alpha value is -0.730. The van der Waals surface area contributed by atoms with Crippen LogP contribution in [0.1, 0.15) is 30.7 Å². The molecular weight excluding hydrogens is 234 g/mol. The van der Waals surface area contributed by atoms with Gasteiger partial charge in [0.05, 0.1) is 12.0 Å². The molecule has 0 spiro atoms. The fourth-order valence-corrected chi connectivity index (χ4v) is 2.58. The van der Waals surface area contributed by atoms with Crippen LogP contribution < -0.4 is 4.74 Å². The molecule has 1 saturated heterocycles. The predicted molar refractivity (Wildman–Crippen MR) is 71.9 cm³/mol. The molecule has 1 aliphatic heterocycles. The van der Waals surface area contributed by atoms with Crippen molar-refractivity contribution >= 4 is 11.6 Å². The zero-order chi connectivity index (χ0) is 12.1. The highest BCUT2D eigenvalue weighted by Crippen LogP contribution is 2.25. The third kappa shape index (κ3) is 3.62. The van der Waals surface area contributed by atoms with E-state index in [1.54, 1.807) is 0 Å². The molecule has 0 N–H and O–H groups in total. The molecule has 0 amide bonds. The summed E-state index contributed by atoms with van der Waals surface area (Å²) < 4.78 is 5.42. The van der Waals surface area contributed by atoms with Gasteiger partial charge in [-0.15, -0.1) is 11.6 Å². The molecule has 17 heavy (non-hydrogen) atoms. The van der Waals surface area contributed by atoms with Crippen molar-refractivity contribution in [3.63, 3.8) is 0 Å². The second kappa shape index (κ2) is 6.27. The Kier molecular flexibility index (Phi) is 4.69. The van der Waals surface area contributed by atoms with E-state index >= 15 is 0 Å². The number of hydrogen-bond acceptors (Lipinski definition) is 2. The second-order valence-corrected chi connectivity index (χ2v) is 5.00. The number of benzene rings is 1. The van der Waals surface area contributed by atoms with Crippen LogP contribution in [-0.4, -0.2) is 31.1 Å². The number of hydrogen-bond donors (Lipinski definition) is 0. The minimum atomic E-state index is 0.0868. The number of nitrogens with zero attached hydrogens (tertiary/aromatic N) is 1. The summed E-state index contributed by atoms with van der Waals surface area (Å²) in [6.07, 6.45) is 2.62. The van der Waals surface area contributed by atoms with Crippen LogP contribution in [0.4, 0.5) is 0 Å². The summed E-state index contributed by atoms with van der Waals surface area (Å²) in [5, 5.41) is 0.0868. The topological polar surface area (TPSA) is 12.5 Å². The third-order valence-electron chi connectivity index (χ3n) is 3.17. The van der Waals surface area contributed by atoms with Crippen LogP contribution in [0.2, 0.25) is 0 Å². The maximum absolute atomic E-state index is 6.43. The summed E-state index contributed by atoms with van der Waals surface area (Å²) >= 11 is 6.43. The predicted octanol–water partition coefficient (Wildman–Crippen LogP) is 3.46. The fourth-order valence-electron chi connectivity index (χ4n) is 2.24. The summed E-state index contributed by atoms with van der Waals surface area (Å²) in [6, 6.07) is 8.13. The first kappa shape index (κ1) is 12.7. The average molecular weight is 254 g/mol. The molecule has 1 atom stereocenters. The lowest BCUT2D eigenvalue weighted by atomic mass is 10.1. The van der Waals surface area contributed by atoms with Crippen molar-refractivity contribution in [1.82, 2.24) is 4.90 Å². The van der Waals surface area contributed by atoms with Gasteiger partial charge in [0, 0.05) is 6.54 Å². The van der Waals surface area contributed by atoms with Crippen molar-refractivity contribution in [2.45, 2.75) is 25.1 Å². The lowest BCUT2D eigenvalue weighted by molar-refractivity contribution is 0.336. The first-order valence-electron chi connectivity index (χ1n) is 6.39. The van der Waals surface area contributed by atoms with Gasteiger partial charge < -0.3 is 9.64 Å². The molecule has 0 aliphatic carbocycles. The molecule has 1 unspecified atom stereocenters. The zero-order valence-electron chi connectivity index (χ0n) is 10.4. The van der Waals surface area contributed by atoms with E-state index in [0.29, 0.717) is 6.61 Å². The minimum absolute atomic E-state index is 0.0868. The normalized spacial score (nSPS) is 18.2. The Labute approximate surface area is 109 Å². The first-order valence-corrected chi connectivity index (χ1v) is 6.82. The van der Waals surface area contributed by atoms with Crippen LogP contribution in [0.15, 0.2) is 24.3 Å². The van der Waals surface area contributed by atoms with Gasteiger partial charge in [0.1, 0.15) is 5.75 Å². The molecule has 1 heterocycles. The van der Waals surface area contributed by atoms with Crippen molar-refractivity contribution in [2.24, 2.45) is 0 Å². The van der Waals surface area contributed by atoms with E-state index in [1.807, 2.05) is 19.1 Å². The molecule has 0 bridgehead atoms. The number of rotatable bonds is 5. The van der Waals surface area contributed by atoms with E-state index in [2.05, 4.69) is 17.0 Å². The number of alkyl halides is 1. The van der Waals surface area contributed by atoms with Crippen molar-refractivity contribution < 1.29 is 4.74 Å². The van der Waals surface area contributed by atoms with Crippen molar-refractivity contribution in [3.8, 4) is 5.75 Å². The molecule has 1 aromatic carbocycles. The molecule has 1 aromatic rings. The van der Waals surface area contributed by atoms with E-state index in [9.17, 15) is 0 Å². The highest BCUT2D eigenvalue weighted by molar-refractivity contribution is 6.21. The molecule has 0 aromatic heterocycles. The Morgan fingerprint density at radius 2 is 1.88 bits per heavy atom. The van der Waals surface area contributed by atoms with Crippen LogP contribution in [0.25, 0.3) is 0 Å². The van der Waals surface area contributed by atoms with Crippen molar-refractivity contribution in [3.05, 3.63) is 29.8 Å². The van der Waals surface area contributed by atoms with Gasteiger partial charge in [0.25, 0.3) is 0 Å². The average Bonchev–Trinajstić information content (AvgIpc) is 2.83. The lowest BCUT2D eigenvalue weighted by Crippen LogP contribution is -2.23. The molecule has 94 valence electrons. The van der Waals surface area contributed by atoms with Crippen molar-refractivity contribution in [2.75, 3.05) is 26.2 Å². The van der Waals surface area contributed by atoms with E-state index < -0.39 is 0 Å². The van der Waals surface area contributed by atoms with Gasteiger partial charge in [-0.2, -0.15) is 0 Å². The number of halogens is 1. The Morgan fingerprint density at radius 3 is 2.47 bits per heavy atom. The lowest BCUT2D eigenvalue weighted by Gasteiger charge is -2.19.